The van der Waals surface area contributed by atoms with E-state index in [1.165, 1.54) is 12.3 Å². The van der Waals surface area contributed by atoms with Gasteiger partial charge in [0.25, 0.3) is 0 Å². The molecule has 0 amide bonds. The molecule has 7 nitrogen and oxygen atoms in total. The molecule has 5 rings (SSSR count). The summed E-state index contributed by atoms with van der Waals surface area (Å²) in [4.78, 5) is 15.7. The first kappa shape index (κ1) is 16.6. The molecule has 0 aromatic carbocycles. The van der Waals surface area contributed by atoms with E-state index in [9.17, 15) is 8.78 Å². The third kappa shape index (κ3) is 3.16. The molecule has 2 aliphatic heterocycles. The van der Waals surface area contributed by atoms with Crippen LogP contribution >= 0.6 is 0 Å². The predicted octanol–water partition coefficient (Wildman–Crippen LogP) is 2.58. The van der Waals surface area contributed by atoms with Crippen molar-refractivity contribution in [1.29, 1.82) is 0 Å². The van der Waals surface area contributed by atoms with Gasteiger partial charge in [-0.25, -0.2) is 15.0 Å². The second kappa shape index (κ2) is 6.26. The van der Waals surface area contributed by atoms with Crippen molar-refractivity contribution < 1.29 is 18.3 Å². The Labute approximate surface area is 154 Å². The van der Waals surface area contributed by atoms with E-state index in [1.54, 1.807) is 0 Å². The zero-order chi connectivity index (χ0) is 18.5. The van der Waals surface area contributed by atoms with Gasteiger partial charge in [-0.2, -0.15) is 8.78 Å². The molecule has 0 radical (unpaired) electrons. The second-order valence-corrected chi connectivity index (χ2v) is 7.23. The van der Waals surface area contributed by atoms with E-state index >= 15 is 0 Å². The fraction of sp³-hybridized carbons (Fsp3) is 0.500. The van der Waals surface area contributed by atoms with Gasteiger partial charge in [0.2, 0.25) is 0 Å². The van der Waals surface area contributed by atoms with Crippen molar-refractivity contribution in [2.45, 2.75) is 43.9 Å². The van der Waals surface area contributed by atoms with Gasteiger partial charge in [0.05, 0.1) is 24.4 Å². The molecular formula is C18H19F2N5O2. The van der Waals surface area contributed by atoms with Crippen molar-refractivity contribution in [2.75, 3.05) is 23.8 Å². The summed E-state index contributed by atoms with van der Waals surface area (Å²) in [6.45, 7) is -1.45. The summed E-state index contributed by atoms with van der Waals surface area (Å²) in [7, 11) is 0. The van der Waals surface area contributed by atoms with Gasteiger partial charge in [-0.05, 0) is 25.3 Å². The molecule has 2 aromatic heterocycles. The summed E-state index contributed by atoms with van der Waals surface area (Å²) >= 11 is 0. The molecule has 3 aliphatic rings. The van der Waals surface area contributed by atoms with Gasteiger partial charge in [-0.1, -0.05) is 0 Å². The fourth-order valence-electron chi connectivity index (χ4n) is 3.74. The number of ether oxygens (including phenoxy) is 2. The minimum absolute atomic E-state index is 0.0789. The lowest BCUT2D eigenvalue weighted by Crippen LogP contribution is -2.37. The molecule has 0 spiro atoms. The van der Waals surface area contributed by atoms with Gasteiger partial charge >= 0.3 is 6.61 Å². The molecule has 142 valence electrons. The van der Waals surface area contributed by atoms with Crippen LogP contribution in [0.2, 0.25) is 0 Å². The largest absolute Gasteiger partial charge is 0.431 e. The predicted molar refractivity (Wildman–Crippen MR) is 93.8 cm³/mol. The van der Waals surface area contributed by atoms with Crippen LogP contribution in [0.4, 0.5) is 20.4 Å². The monoisotopic (exact) mass is 375 g/mol. The number of nitrogens with zero attached hydrogens (tertiary/aromatic N) is 4. The Bertz CT molecular complexity index is 877. The molecule has 3 fully saturated rings. The number of nitrogens with two attached hydrogens (primary N) is 1. The van der Waals surface area contributed by atoms with Crippen LogP contribution in [0.25, 0.3) is 11.3 Å². The summed E-state index contributed by atoms with van der Waals surface area (Å²) in [5, 5.41) is 0. The number of anilines is 2. The molecule has 27 heavy (non-hydrogen) atoms. The number of fused-ring (bicyclic) bond motifs is 2. The molecule has 2 saturated heterocycles. The van der Waals surface area contributed by atoms with E-state index in [0.29, 0.717) is 29.8 Å². The number of hydrogen-bond donors (Lipinski definition) is 1. The number of hydrogen-bond acceptors (Lipinski definition) is 7. The number of alkyl halides is 2. The smallest absolute Gasteiger partial charge is 0.387 e. The summed E-state index contributed by atoms with van der Waals surface area (Å²) in [6.07, 6.45) is 4.92. The third-order valence-corrected chi connectivity index (χ3v) is 5.26. The Morgan fingerprint density at radius 3 is 2.78 bits per heavy atom. The first-order chi connectivity index (χ1) is 13.1. The lowest BCUT2D eigenvalue weighted by molar-refractivity contribution is -0.0494. The lowest BCUT2D eigenvalue weighted by Gasteiger charge is -2.28. The van der Waals surface area contributed by atoms with Gasteiger partial charge in [0, 0.05) is 30.3 Å². The van der Waals surface area contributed by atoms with E-state index in [4.69, 9.17) is 15.5 Å². The zero-order valence-electron chi connectivity index (χ0n) is 14.5. The number of pyridine rings is 1. The van der Waals surface area contributed by atoms with Gasteiger partial charge < -0.3 is 20.1 Å². The van der Waals surface area contributed by atoms with Crippen LogP contribution in [0.3, 0.4) is 0 Å². The van der Waals surface area contributed by atoms with Crippen LogP contribution in [-0.4, -0.2) is 46.9 Å². The van der Waals surface area contributed by atoms with Crippen LogP contribution < -0.4 is 15.4 Å². The minimum atomic E-state index is -2.97. The number of morpholine rings is 1. The van der Waals surface area contributed by atoms with Crippen molar-refractivity contribution in [3.63, 3.8) is 0 Å². The van der Waals surface area contributed by atoms with E-state index in [2.05, 4.69) is 19.6 Å². The Hall–Kier alpha value is -2.55. The van der Waals surface area contributed by atoms with Gasteiger partial charge in [-0.3, -0.25) is 0 Å². The van der Waals surface area contributed by atoms with E-state index in [0.717, 1.165) is 37.4 Å². The quantitative estimate of drug-likeness (QED) is 0.859. The number of aromatic nitrogens is 3. The maximum atomic E-state index is 12.6. The first-order valence-corrected chi connectivity index (χ1v) is 9.05. The van der Waals surface area contributed by atoms with Crippen molar-refractivity contribution in [3.05, 3.63) is 24.2 Å². The SMILES string of the molecule is Nc1ncc(-c2cc(N3CC4CC3CO4)nc(C3CC3)n2)cc1OC(F)F. The third-order valence-electron chi connectivity index (χ3n) is 5.26. The Balaban J connectivity index is 1.54. The molecule has 4 heterocycles. The average Bonchev–Trinajstić information content (AvgIpc) is 3.29. The van der Waals surface area contributed by atoms with Crippen molar-refractivity contribution in [2.24, 2.45) is 0 Å². The van der Waals surface area contributed by atoms with Gasteiger partial charge in [0.15, 0.2) is 11.6 Å². The molecule has 9 heteroatoms. The van der Waals surface area contributed by atoms with E-state index < -0.39 is 6.61 Å². The Kier molecular flexibility index (Phi) is 3.85. The maximum Gasteiger partial charge on any atom is 0.387 e. The molecular weight excluding hydrogens is 356 g/mol. The maximum absolute atomic E-state index is 12.6. The topological polar surface area (TPSA) is 86.4 Å². The molecule has 1 aliphatic carbocycles. The molecule has 1 saturated carbocycles. The van der Waals surface area contributed by atoms with Crippen LogP contribution in [0, 0.1) is 0 Å². The summed E-state index contributed by atoms with van der Waals surface area (Å²) in [5.41, 5.74) is 6.86. The minimum Gasteiger partial charge on any atom is -0.431 e. The van der Waals surface area contributed by atoms with E-state index in [1.807, 2.05) is 6.07 Å². The van der Waals surface area contributed by atoms with Gasteiger partial charge in [0.1, 0.15) is 11.6 Å². The van der Waals surface area contributed by atoms with Crippen molar-refractivity contribution in [3.8, 4) is 17.0 Å². The summed E-state index contributed by atoms with van der Waals surface area (Å²) in [6, 6.07) is 3.66. The van der Waals surface area contributed by atoms with Crippen LogP contribution in [0.15, 0.2) is 18.3 Å². The summed E-state index contributed by atoms with van der Waals surface area (Å²) in [5.74, 6) is 1.78. The highest BCUT2D eigenvalue weighted by Crippen LogP contribution is 2.41. The Morgan fingerprint density at radius 1 is 1.26 bits per heavy atom. The Morgan fingerprint density at radius 2 is 2.11 bits per heavy atom. The highest BCUT2D eigenvalue weighted by atomic mass is 19.3. The number of rotatable bonds is 5. The number of halogens is 2. The average molecular weight is 375 g/mol. The van der Waals surface area contributed by atoms with E-state index in [-0.39, 0.29) is 17.7 Å². The number of nitrogen functional groups attached to an aromatic ring is 1. The van der Waals surface area contributed by atoms with Crippen LogP contribution in [0.1, 0.15) is 31.0 Å². The highest BCUT2D eigenvalue weighted by Gasteiger charge is 2.40. The molecule has 2 aromatic rings. The van der Waals surface area contributed by atoms with Crippen LogP contribution in [-0.2, 0) is 4.74 Å². The van der Waals surface area contributed by atoms with Crippen molar-refractivity contribution in [1.82, 2.24) is 15.0 Å². The highest BCUT2D eigenvalue weighted by molar-refractivity contribution is 5.67. The zero-order valence-corrected chi connectivity index (χ0v) is 14.5. The molecule has 2 unspecified atom stereocenters. The first-order valence-electron chi connectivity index (χ1n) is 9.05. The standard InChI is InChI=1S/C18H19F2N5O2/c19-18(20)27-14-3-10(6-22-16(14)21)13-5-15(24-17(23-13)9-1-2-9)25-7-12-4-11(25)8-26-12/h3,5-6,9,11-12,18H,1-2,4,7-8H2,(H2,21,22). The summed E-state index contributed by atoms with van der Waals surface area (Å²) < 4.78 is 35.4. The molecule has 2 atom stereocenters. The lowest BCUT2D eigenvalue weighted by atomic mass is 10.1. The van der Waals surface area contributed by atoms with Gasteiger partial charge in [-0.15, -0.1) is 0 Å². The van der Waals surface area contributed by atoms with Crippen molar-refractivity contribution >= 4 is 11.6 Å². The van der Waals surface area contributed by atoms with Crippen LogP contribution in [0.5, 0.6) is 5.75 Å². The fourth-order valence-corrected chi connectivity index (χ4v) is 3.74. The normalized spacial score (nSPS) is 24.0. The molecule has 2 N–H and O–H groups in total. The molecule has 2 bridgehead atoms. The second-order valence-electron chi connectivity index (χ2n) is 7.23.